The number of aliphatic hydroxyl groups is 1. The molecule has 2 heterocycles. The van der Waals surface area contributed by atoms with Crippen molar-refractivity contribution in [2.75, 3.05) is 26.7 Å². The lowest BCUT2D eigenvalue weighted by Crippen LogP contribution is -2.54. The van der Waals surface area contributed by atoms with Crippen molar-refractivity contribution < 1.29 is 29.4 Å². The van der Waals surface area contributed by atoms with Crippen LogP contribution in [0.15, 0.2) is 30.3 Å². The molecule has 34 heavy (non-hydrogen) atoms. The van der Waals surface area contributed by atoms with Gasteiger partial charge in [-0.2, -0.15) is 0 Å². The van der Waals surface area contributed by atoms with Gasteiger partial charge >= 0.3 is 5.97 Å². The Morgan fingerprint density at radius 2 is 1.94 bits per heavy atom. The van der Waals surface area contributed by atoms with E-state index < -0.39 is 53.8 Å². The number of hydrogen-bond donors (Lipinski definition) is 6. The van der Waals surface area contributed by atoms with Crippen molar-refractivity contribution in [3.63, 3.8) is 0 Å². The Morgan fingerprint density at radius 1 is 1.24 bits per heavy atom. The maximum atomic E-state index is 13.5. The zero-order chi connectivity index (χ0) is 24.8. The summed E-state index contributed by atoms with van der Waals surface area (Å²) in [6.07, 6.45) is -0.424. The molecule has 2 saturated heterocycles. The largest absolute Gasteiger partial charge is 0.480 e. The van der Waals surface area contributed by atoms with E-state index in [1.54, 1.807) is 7.05 Å². The van der Waals surface area contributed by atoms with Gasteiger partial charge in [0.1, 0.15) is 12.1 Å². The summed E-state index contributed by atoms with van der Waals surface area (Å²) in [5, 5.41) is 28.2. The van der Waals surface area contributed by atoms with Gasteiger partial charge in [0.05, 0.1) is 24.5 Å². The average Bonchev–Trinajstić information content (AvgIpc) is 3.41. The highest BCUT2D eigenvalue weighted by molar-refractivity contribution is 5.96. The number of nitrogens with zero attached hydrogens (tertiary/aromatic N) is 1. The van der Waals surface area contributed by atoms with Crippen LogP contribution in [-0.2, 0) is 25.6 Å². The van der Waals surface area contributed by atoms with Crippen molar-refractivity contribution in [1.82, 2.24) is 20.9 Å². The molecule has 6 atom stereocenters. The summed E-state index contributed by atoms with van der Waals surface area (Å²) < 4.78 is 0. The van der Waals surface area contributed by atoms with Crippen molar-refractivity contribution in [1.29, 1.82) is 0 Å². The van der Waals surface area contributed by atoms with Crippen LogP contribution in [0.1, 0.15) is 18.4 Å². The number of hydrogen-bond acceptors (Lipinski definition) is 8. The number of aliphatic carboxylic acids is 1. The SMILES string of the molecule is CNCC(=O)N1C[C@H](N)C[C@H]1C(=O)[C@@H]1[C@@H](NC(=O)[C@H](O)CCc2ccccc2)CN[C@@H]1C(=O)O. The molecule has 0 aromatic heterocycles. The maximum absolute atomic E-state index is 13.5. The van der Waals surface area contributed by atoms with Crippen LogP contribution in [0.5, 0.6) is 0 Å². The molecular weight excluding hydrogens is 442 g/mol. The highest BCUT2D eigenvalue weighted by atomic mass is 16.4. The van der Waals surface area contributed by atoms with E-state index >= 15 is 0 Å². The van der Waals surface area contributed by atoms with Gasteiger partial charge in [-0.25, -0.2) is 0 Å². The second kappa shape index (κ2) is 11.5. The van der Waals surface area contributed by atoms with Gasteiger partial charge in [-0.05, 0) is 31.9 Å². The lowest BCUT2D eigenvalue weighted by atomic mass is 9.86. The third-order valence-corrected chi connectivity index (χ3v) is 6.43. The molecule has 1 aromatic rings. The van der Waals surface area contributed by atoms with Crippen LogP contribution < -0.4 is 21.7 Å². The standard InChI is InChI=1S/C23H33N5O6/c1-25-11-18(30)28-12-14(24)9-16(28)21(31)19-15(10-26-20(19)23(33)34)27-22(32)17(29)8-7-13-5-3-2-4-6-13/h2-6,14-17,19-20,25-26,29H,7-12,24H2,1H3,(H,27,32)(H,33,34)/t14-,15+,16+,17-,19-,20+/m1/s1. The minimum atomic E-state index is -1.31. The van der Waals surface area contributed by atoms with E-state index in [0.29, 0.717) is 6.42 Å². The number of aryl methyl sites for hydroxylation is 1. The number of carboxylic acids is 1. The molecule has 0 aliphatic carbocycles. The van der Waals surface area contributed by atoms with E-state index in [9.17, 15) is 29.4 Å². The number of aliphatic hydroxyl groups excluding tert-OH is 1. The summed E-state index contributed by atoms with van der Waals surface area (Å²) in [5.74, 6) is -3.77. The number of rotatable bonds is 10. The first-order valence-corrected chi connectivity index (χ1v) is 11.4. The number of ketones is 1. The van der Waals surface area contributed by atoms with Crippen LogP contribution in [0.25, 0.3) is 0 Å². The van der Waals surface area contributed by atoms with Gasteiger partial charge < -0.3 is 36.8 Å². The second-order valence-electron chi connectivity index (χ2n) is 8.90. The molecule has 0 spiro atoms. The number of Topliss-reactive ketones (excluding diaryl/α,β-unsaturated/α-hetero) is 1. The van der Waals surface area contributed by atoms with Gasteiger partial charge in [0.2, 0.25) is 11.8 Å². The van der Waals surface area contributed by atoms with Crippen LogP contribution in [-0.4, -0.2) is 95.6 Å². The van der Waals surface area contributed by atoms with E-state index in [1.807, 2.05) is 30.3 Å². The quantitative estimate of drug-likeness (QED) is 0.221. The Hall–Kier alpha value is -2.86. The Kier molecular flexibility index (Phi) is 8.72. The lowest BCUT2D eigenvalue weighted by molar-refractivity contribution is -0.145. The predicted octanol–water partition coefficient (Wildman–Crippen LogP) is -2.15. The molecule has 7 N–H and O–H groups in total. The molecule has 1 aromatic carbocycles. The van der Waals surface area contributed by atoms with Crippen molar-refractivity contribution in [2.24, 2.45) is 11.7 Å². The molecular formula is C23H33N5O6. The summed E-state index contributed by atoms with van der Waals surface area (Å²) >= 11 is 0. The number of carbonyl (C=O) groups excluding carboxylic acids is 3. The number of carbonyl (C=O) groups is 4. The lowest BCUT2D eigenvalue weighted by Gasteiger charge is -2.29. The topological polar surface area (TPSA) is 174 Å². The number of amides is 2. The Balaban J connectivity index is 1.70. The molecule has 11 nitrogen and oxygen atoms in total. The fraction of sp³-hybridized carbons (Fsp3) is 0.565. The van der Waals surface area contributed by atoms with Crippen LogP contribution in [0, 0.1) is 5.92 Å². The first-order valence-electron chi connectivity index (χ1n) is 11.4. The summed E-state index contributed by atoms with van der Waals surface area (Å²) in [6, 6.07) is 6.06. The van der Waals surface area contributed by atoms with E-state index in [4.69, 9.17) is 5.73 Å². The van der Waals surface area contributed by atoms with Crippen molar-refractivity contribution in [3.8, 4) is 0 Å². The van der Waals surface area contributed by atoms with Gasteiger partial charge in [0.15, 0.2) is 5.78 Å². The zero-order valence-corrected chi connectivity index (χ0v) is 19.1. The smallest absolute Gasteiger partial charge is 0.321 e. The molecule has 2 fully saturated rings. The number of benzene rings is 1. The first-order chi connectivity index (χ1) is 16.2. The van der Waals surface area contributed by atoms with Gasteiger partial charge in [0.25, 0.3) is 0 Å². The fourth-order valence-electron chi connectivity index (χ4n) is 4.73. The maximum Gasteiger partial charge on any atom is 0.321 e. The van der Waals surface area contributed by atoms with Gasteiger partial charge in [-0.15, -0.1) is 0 Å². The number of carboxylic acid groups (broad SMARTS) is 1. The minimum Gasteiger partial charge on any atom is -0.480 e. The van der Waals surface area contributed by atoms with E-state index in [1.165, 1.54) is 4.90 Å². The monoisotopic (exact) mass is 475 g/mol. The van der Waals surface area contributed by atoms with Gasteiger partial charge in [-0.1, -0.05) is 30.3 Å². The van der Waals surface area contributed by atoms with Crippen LogP contribution in [0.2, 0.25) is 0 Å². The summed E-state index contributed by atoms with van der Waals surface area (Å²) in [6.45, 7) is 0.271. The van der Waals surface area contributed by atoms with Gasteiger partial charge in [0, 0.05) is 19.1 Å². The zero-order valence-electron chi connectivity index (χ0n) is 19.1. The van der Waals surface area contributed by atoms with Crippen LogP contribution in [0.3, 0.4) is 0 Å². The summed E-state index contributed by atoms with van der Waals surface area (Å²) in [5.41, 5.74) is 6.99. The minimum absolute atomic E-state index is 0.0234. The number of likely N-dealkylation sites (N-methyl/N-ethyl adjacent to an activating group) is 1. The molecule has 0 bridgehead atoms. The first kappa shape index (κ1) is 25.8. The van der Waals surface area contributed by atoms with Crippen molar-refractivity contribution in [2.45, 2.75) is 49.5 Å². The van der Waals surface area contributed by atoms with Crippen molar-refractivity contribution in [3.05, 3.63) is 35.9 Å². The molecule has 186 valence electrons. The number of likely N-dealkylation sites (tertiary alicyclic amines) is 1. The molecule has 3 rings (SSSR count). The molecule has 2 amide bonds. The number of nitrogens with one attached hydrogen (secondary N) is 3. The third kappa shape index (κ3) is 5.98. The molecule has 2 aliphatic heterocycles. The molecule has 0 radical (unpaired) electrons. The van der Waals surface area contributed by atoms with Crippen molar-refractivity contribution >= 4 is 23.6 Å². The normalized spacial score (nSPS) is 27.4. The Bertz CT molecular complexity index is 897. The average molecular weight is 476 g/mol. The number of nitrogens with two attached hydrogens (primary N) is 1. The Morgan fingerprint density at radius 3 is 2.59 bits per heavy atom. The van der Waals surface area contributed by atoms with Crippen LogP contribution >= 0.6 is 0 Å². The summed E-state index contributed by atoms with van der Waals surface area (Å²) in [4.78, 5) is 51.9. The molecule has 0 unspecified atom stereocenters. The molecule has 11 heteroatoms. The predicted molar refractivity (Wildman–Crippen MR) is 123 cm³/mol. The highest BCUT2D eigenvalue weighted by Gasteiger charge is 2.50. The second-order valence-corrected chi connectivity index (χ2v) is 8.90. The van der Waals surface area contributed by atoms with Crippen LogP contribution in [0.4, 0.5) is 0 Å². The summed E-state index contributed by atoms with van der Waals surface area (Å²) in [7, 11) is 1.61. The Labute approximate surface area is 198 Å². The fourth-order valence-corrected chi connectivity index (χ4v) is 4.73. The van der Waals surface area contributed by atoms with E-state index in [2.05, 4.69) is 16.0 Å². The van der Waals surface area contributed by atoms with E-state index in [-0.39, 0.29) is 38.4 Å². The molecule has 0 saturated carbocycles. The molecule has 2 aliphatic rings. The van der Waals surface area contributed by atoms with E-state index in [0.717, 1.165) is 5.56 Å². The highest BCUT2D eigenvalue weighted by Crippen LogP contribution is 2.27. The third-order valence-electron chi connectivity index (χ3n) is 6.43. The van der Waals surface area contributed by atoms with Gasteiger partial charge in [-0.3, -0.25) is 19.2 Å².